The highest BCUT2D eigenvalue weighted by atomic mass is 35.5. The van der Waals surface area contributed by atoms with Gasteiger partial charge in [0.15, 0.2) is 0 Å². The molecule has 68 valence electrons. The summed E-state index contributed by atoms with van der Waals surface area (Å²) >= 11 is 5.77. The van der Waals surface area contributed by atoms with E-state index in [4.69, 9.17) is 27.7 Å². The van der Waals surface area contributed by atoms with Crippen LogP contribution in [0.25, 0.3) is 0 Å². The fourth-order valence-electron chi connectivity index (χ4n) is 0.958. The molecule has 3 N–H and O–H groups in total. The van der Waals surface area contributed by atoms with Crippen LogP contribution in [-0.2, 0) is 0 Å². The van der Waals surface area contributed by atoms with Crippen molar-refractivity contribution in [1.29, 1.82) is 5.26 Å². The summed E-state index contributed by atoms with van der Waals surface area (Å²) in [5, 5.41) is 17.7. The van der Waals surface area contributed by atoms with Crippen LogP contribution < -0.4 is 5.73 Å². The monoisotopic (exact) mass is 196 g/mol. The lowest BCUT2D eigenvalue weighted by Crippen LogP contribution is -2.14. The second-order valence-corrected chi connectivity index (χ2v) is 3.05. The van der Waals surface area contributed by atoms with Gasteiger partial charge in [0.05, 0.1) is 23.2 Å². The maximum Gasteiger partial charge on any atom is 0.101 e. The lowest BCUT2D eigenvalue weighted by Gasteiger charge is -2.08. The van der Waals surface area contributed by atoms with Crippen LogP contribution in [0.15, 0.2) is 18.2 Å². The van der Waals surface area contributed by atoms with E-state index in [0.717, 1.165) is 5.56 Å². The Balaban J connectivity index is 3.04. The van der Waals surface area contributed by atoms with Gasteiger partial charge in [-0.2, -0.15) is 5.26 Å². The van der Waals surface area contributed by atoms with Crippen molar-refractivity contribution in [3.63, 3.8) is 0 Å². The van der Waals surface area contributed by atoms with Crippen LogP contribution in [-0.4, -0.2) is 11.7 Å². The summed E-state index contributed by atoms with van der Waals surface area (Å²) in [6.07, 6.45) is 0. The van der Waals surface area contributed by atoms with Crippen LogP contribution in [0.4, 0.5) is 0 Å². The van der Waals surface area contributed by atoms with Crippen molar-refractivity contribution < 1.29 is 5.11 Å². The van der Waals surface area contributed by atoms with Gasteiger partial charge in [0.1, 0.15) is 6.07 Å². The Morgan fingerprint density at radius 3 is 2.77 bits per heavy atom. The second-order valence-electron chi connectivity index (χ2n) is 2.64. The molecular formula is C9H9ClN2O. The Hall–Kier alpha value is -1.08. The first-order valence-corrected chi connectivity index (χ1v) is 4.13. The van der Waals surface area contributed by atoms with Gasteiger partial charge >= 0.3 is 0 Å². The van der Waals surface area contributed by atoms with Crippen LogP contribution >= 0.6 is 11.6 Å². The standard InChI is InChI=1S/C9H9ClN2O/c10-8-3-6(9(12)5-13)1-2-7(8)4-11/h1-3,9,13H,5,12H2. The van der Waals surface area contributed by atoms with Crippen molar-refractivity contribution in [2.45, 2.75) is 6.04 Å². The van der Waals surface area contributed by atoms with E-state index >= 15 is 0 Å². The molecule has 0 aliphatic rings. The van der Waals surface area contributed by atoms with E-state index in [9.17, 15) is 0 Å². The number of benzene rings is 1. The average molecular weight is 197 g/mol. The minimum Gasteiger partial charge on any atom is -0.394 e. The first kappa shape index (κ1) is 10.0. The first-order valence-electron chi connectivity index (χ1n) is 3.75. The normalized spacial score (nSPS) is 12.2. The van der Waals surface area contributed by atoms with Crippen molar-refractivity contribution in [3.05, 3.63) is 34.3 Å². The van der Waals surface area contributed by atoms with Gasteiger partial charge in [0, 0.05) is 0 Å². The summed E-state index contributed by atoms with van der Waals surface area (Å²) in [4.78, 5) is 0. The molecule has 0 heterocycles. The smallest absolute Gasteiger partial charge is 0.101 e. The molecule has 0 spiro atoms. The van der Waals surface area contributed by atoms with E-state index in [1.807, 2.05) is 6.07 Å². The summed E-state index contributed by atoms with van der Waals surface area (Å²) in [6.45, 7) is -0.137. The maximum absolute atomic E-state index is 8.77. The minimum atomic E-state index is -0.440. The fourth-order valence-corrected chi connectivity index (χ4v) is 1.19. The molecule has 0 saturated carbocycles. The molecule has 0 radical (unpaired) electrons. The third kappa shape index (κ3) is 2.19. The zero-order valence-corrected chi connectivity index (χ0v) is 7.62. The highest BCUT2D eigenvalue weighted by Gasteiger charge is 2.06. The van der Waals surface area contributed by atoms with Crippen molar-refractivity contribution in [3.8, 4) is 6.07 Å². The Kier molecular flexibility index (Phi) is 3.26. The third-order valence-electron chi connectivity index (χ3n) is 1.74. The molecule has 0 bridgehead atoms. The second kappa shape index (κ2) is 4.24. The number of aliphatic hydroxyl groups excluding tert-OH is 1. The number of hydrogen-bond acceptors (Lipinski definition) is 3. The number of nitrogens with two attached hydrogens (primary N) is 1. The molecule has 0 aliphatic heterocycles. The molecule has 0 fully saturated rings. The fraction of sp³-hybridized carbons (Fsp3) is 0.222. The van der Waals surface area contributed by atoms with Gasteiger partial charge < -0.3 is 10.8 Å². The number of halogens is 1. The van der Waals surface area contributed by atoms with E-state index in [-0.39, 0.29) is 6.61 Å². The zero-order chi connectivity index (χ0) is 9.84. The van der Waals surface area contributed by atoms with Gasteiger partial charge in [-0.15, -0.1) is 0 Å². The van der Waals surface area contributed by atoms with Gasteiger partial charge in [-0.05, 0) is 17.7 Å². The summed E-state index contributed by atoms with van der Waals surface area (Å²) in [6, 6.07) is 6.38. The molecule has 1 aromatic carbocycles. The molecule has 4 heteroatoms. The Morgan fingerprint density at radius 2 is 2.31 bits per heavy atom. The first-order chi connectivity index (χ1) is 6.19. The molecule has 13 heavy (non-hydrogen) atoms. The quantitative estimate of drug-likeness (QED) is 0.747. The van der Waals surface area contributed by atoms with Gasteiger partial charge in [0.2, 0.25) is 0 Å². The number of nitrogens with zero attached hydrogens (tertiary/aromatic N) is 1. The molecule has 0 saturated heterocycles. The Morgan fingerprint density at radius 1 is 1.62 bits per heavy atom. The highest BCUT2D eigenvalue weighted by Crippen LogP contribution is 2.19. The molecule has 1 rings (SSSR count). The molecule has 3 nitrogen and oxygen atoms in total. The van der Waals surface area contributed by atoms with E-state index in [1.165, 1.54) is 0 Å². The molecule has 0 aromatic heterocycles. The number of hydrogen-bond donors (Lipinski definition) is 2. The molecule has 1 aromatic rings. The van der Waals surface area contributed by atoms with Gasteiger partial charge in [-0.1, -0.05) is 17.7 Å². The Bertz CT molecular complexity index is 346. The molecule has 1 atom stereocenters. The third-order valence-corrected chi connectivity index (χ3v) is 2.05. The van der Waals surface area contributed by atoms with Gasteiger partial charge in [-0.3, -0.25) is 0 Å². The minimum absolute atomic E-state index is 0.137. The lowest BCUT2D eigenvalue weighted by atomic mass is 10.1. The molecular weight excluding hydrogens is 188 g/mol. The number of nitriles is 1. The summed E-state index contributed by atoms with van der Waals surface area (Å²) in [5.41, 5.74) is 6.70. The van der Waals surface area contributed by atoms with E-state index in [0.29, 0.717) is 10.6 Å². The number of aliphatic hydroxyl groups is 1. The van der Waals surface area contributed by atoms with Crippen LogP contribution in [0, 0.1) is 11.3 Å². The van der Waals surface area contributed by atoms with Crippen LogP contribution in [0.3, 0.4) is 0 Å². The van der Waals surface area contributed by atoms with Crippen molar-refractivity contribution >= 4 is 11.6 Å². The van der Waals surface area contributed by atoms with Crippen molar-refractivity contribution in [2.75, 3.05) is 6.61 Å². The van der Waals surface area contributed by atoms with E-state index in [2.05, 4.69) is 0 Å². The molecule has 0 amide bonds. The SMILES string of the molecule is N#Cc1ccc(C(N)CO)cc1Cl. The van der Waals surface area contributed by atoms with Crippen LogP contribution in [0.2, 0.25) is 5.02 Å². The van der Waals surface area contributed by atoms with E-state index < -0.39 is 6.04 Å². The highest BCUT2D eigenvalue weighted by molar-refractivity contribution is 6.31. The van der Waals surface area contributed by atoms with E-state index in [1.54, 1.807) is 18.2 Å². The summed E-state index contributed by atoms with van der Waals surface area (Å²) < 4.78 is 0. The maximum atomic E-state index is 8.77. The predicted molar refractivity (Wildman–Crippen MR) is 50.2 cm³/mol. The summed E-state index contributed by atoms with van der Waals surface area (Å²) in [5.74, 6) is 0. The zero-order valence-electron chi connectivity index (χ0n) is 6.87. The number of rotatable bonds is 2. The summed E-state index contributed by atoms with van der Waals surface area (Å²) in [7, 11) is 0. The lowest BCUT2D eigenvalue weighted by molar-refractivity contribution is 0.268. The van der Waals surface area contributed by atoms with Gasteiger partial charge in [0.25, 0.3) is 0 Å². The van der Waals surface area contributed by atoms with Crippen molar-refractivity contribution in [2.24, 2.45) is 5.73 Å². The van der Waals surface area contributed by atoms with Crippen LogP contribution in [0.1, 0.15) is 17.2 Å². The Labute approximate surface area is 81.4 Å². The topological polar surface area (TPSA) is 70.0 Å². The largest absolute Gasteiger partial charge is 0.394 e. The molecule has 1 unspecified atom stereocenters. The molecule has 0 aliphatic carbocycles. The predicted octanol–water partition coefficient (Wildman–Crippen LogP) is 1.20. The average Bonchev–Trinajstić information content (AvgIpc) is 2.16. The van der Waals surface area contributed by atoms with Gasteiger partial charge in [-0.25, -0.2) is 0 Å². The van der Waals surface area contributed by atoms with Crippen molar-refractivity contribution in [1.82, 2.24) is 0 Å². The van der Waals surface area contributed by atoms with Crippen LogP contribution in [0.5, 0.6) is 0 Å².